The van der Waals surface area contributed by atoms with E-state index in [4.69, 9.17) is 0 Å². The molecule has 1 aliphatic rings. The van der Waals surface area contributed by atoms with Crippen LogP contribution in [0.25, 0.3) is 0 Å². The zero-order chi connectivity index (χ0) is 19.7. The summed E-state index contributed by atoms with van der Waals surface area (Å²) in [4.78, 5) is 0.195. The molecule has 0 amide bonds. The Morgan fingerprint density at radius 3 is 2.22 bits per heavy atom. The van der Waals surface area contributed by atoms with Gasteiger partial charge in [-0.1, -0.05) is 26.0 Å². The van der Waals surface area contributed by atoms with E-state index >= 15 is 0 Å². The lowest BCUT2D eigenvalue weighted by molar-refractivity contribution is 0.598. The maximum absolute atomic E-state index is 12.6. The number of benzene rings is 2. The number of anilines is 2. The van der Waals surface area contributed by atoms with Crippen LogP contribution in [0, 0.1) is 0 Å². The number of nitrogens with zero attached hydrogens (tertiary/aromatic N) is 1. The summed E-state index contributed by atoms with van der Waals surface area (Å²) < 4.78 is 53.0. The van der Waals surface area contributed by atoms with E-state index in [2.05, 4.69) is 18.6 Å². The summed E-state index contributed by atoms with van der Waals surface area (Å²) in [5, 5.41) is 0. The molecule has 0 bridgehead atoms. The number of hydrogen-bond donors (Lipinski definition) is 1. The van der Waals surface area contributed by atoms with Gasteiger partial charge in [-0.2, -0.15) is 0 Å². The van der Waals surface area contributed by atoms with Gasteiger partial charge >= 0.3 is 0 Å². The standard InChI is InChI=1S/C19H24N2O4S2/c1-3-15(2)16-5-11-19(12-6-16)27(24,25)20-17-7-9-18(10-8-17)21-13-4-14-26(21,22)23/h5-12,15,20H,3-4,13-14H2,1-2H3/t15-/m0/s1. The molecule has 0 saturated carbocycles. The lowest BCUT2D eigenvalue weighted by Crippen LogP contribution is -2.25. The first-order valence-electron chi connectivity index (χ1n) is 8.96. The number of rotatable bonds is 6. The van der Waals surface area contributed by atoms with E-state index in [-0.39, 0.29) is 10.6 Å². The van der Waals surface area contributed by atoms with Gasteiger partial charge in [0, 0.05) is 12.2 Å². The first-order chi connectivity index (χ1) is 12.7. The molecule has 2 aromatic carbocycles. The summed E-state index contributed by atoms with van der Waals surface area (Å²) in [5.41, 5.74) is 2.04. The maximum Gasteiger partial charge on any atom is 0.261 e. The predicted molar refractivity (Wildman–Crippen MR) is 108 cm³/mol. The second kappa shape index (κ2) is 7.52. The summed E-state index contributed by atoms with van der Waals surface area (Å²) in [6, 6.07) is 13.3. The van der Waals surface area contributed by atoms with Gasteiger partial charge in [-0.15, -0.1) is 0 Å². The normalized spacial score (nSPS) is 17.6. The minimum absolute atomic E-state index is 0.147. The van der Waals surface area contributed by atoms with Crippen LogP contribution in [0.3, 0.4) is 0 Å². The van der Waals surface area contributed by atoms with Crippen molar-refractivity contribution in [1.82, 2.24) is 0 Å². The third kappa shape index (κ3) is 4.27. The second-order valence-electron chi connectivity index (χ2n) is 6.77. The lowest BCUT2D eigenvalue weighted by atomic mass is 9.99. The lowest BCUT2D eigenvalue weighted by Gasteiger charge is -2.17. The van der Waals surface area contributed by atoms with Crippen LogP contribution in [0.2, 0.25) is 0 Å². The highest BCUT2D eigenvalue weighted by Crippen LogP contribution is 2.26. The molecule has 6 nitrogen and oxygen atoms in total. The van der Waals surface area contributed by atoms with Crippen molar-refractivity contribution in [2.75, 3.05) is 21.3 Å². The van der Waals surface area contributed by atoms with E-state index in [1.54, 1.807) is 36.4 Å². The van der Waals surface area contributed by atoms with E-state index in [0.29, 0.717) is 30.3 Å². The van der Waals surface area contributed by atoms with Crippen LogP contribution in [-0.2, 0) is 20.0 Å². The maximum atomic E-state index is 12.6. The van der Waals surface area contributed by atoms with E-state index in [1.807, 2.05) is 12.1 Å². The molecule has 0 aliphatic carbocycles. The van der Waals surface area contributed by atoms with Gasteiger partial charge in [0.15, 0.2) is 0 Å². The number of hydrogen-bond acceptors (Lipinski definition) is 4. The molecule has 27 heavy (non-hydrogen) atoms. The molecular weight excluding hydrogens is 384 g/mol. The molecule has 1 saturated heterocycles. The van der Waals surface area contributed by atoms with Crippen molar-refractivity contribution < 1.29 is 16.8 Å². The monoisotopic (exact) mass is 408 g/mol. The predicted octanol–water partition coefficient (Wildman–Crippen LogP) is 3.54. The minimum atomic E-state index is -3.70. The first-order valence-corrected chi connectivity index (χ1v) is 12.1. The Labute approximate surface area is 161 Å². The van der Waals surface area contributed by atoms with E-state index in [1.165, 1.54) is 4.31 Å². The van der Waals surface area contributed by atoms with E-state index in [0.717, 1.165) is 12.0 Å². The highest BCUT2D eigenvalue weighted by molar-refractivity contribution is 7.93. The smallest absolute Gasteiger partial charge is 0.261 e. The van der Waals surface area contributed by atoms with Crippen LogP contribution in [0.1, 0.15) is 38.2 Å². The van der Waals surface area contributed by atoms with Crippen LogP contribution < -0.4 is 9.03 Å². The third-order valence-electron chi connectivity index (χ3n) is 4.88. The minimum Gasteiger partial charge on any atom is -0.280 e. The van der Waals surface area contributed by atoms with Crippen LogP contribution in [-0.4, -0.2) is 29.1 Å². The highest BCUT2D eigenvalue weighted by Gasteiger charge is 2.28. The van der Waals surface area contributed by atoms with Crippen LogP contribution in [0.5, 0.6) is 0 Å². The van der Waals surface area contributed by atoms with Gasteiger partial charge in [-0.25, -0.2) is 16.8 Å². The third-order valence-corrected chi connectivity index (χ3v) is 8.15. The van der Waals surface area contributed by atoms with Crippen LogP contribution in [0.15, 0.2) is 53.4 Å². The van der Waals surface area contributed by atoms with Crippen molar-refractivity contribution in [3.8, 4) is 0 Å². The van der Waals surface area contributed by atoms with Crippen LogP contribution >= 0.6 is 0 Å². The van der Waals surface area contributed by atoms with Crippen molar-refractivity contribution in [2.24, 2.45) is 0 Å². The molecular formula is C19H24N2O4S2. The number of sulfonamides is 2. The first kappa shape index (κ1) is 19.7. The van der Waals surface area contributed by atoms with Gasteiger partial charge in [-0.05, 0) is 60.7 Å². The fourth-order valence-corrected chi connectivity index (χ4v) is 5.67. The van der Waals surface area contributed by atoms with Gasteiger partial charge in [0.2, 0.25) is 10.0 Å². The zero-order valence-corrected chi connectivity index (χ0v) is 17.1. The zero-order valence-electron chi connectivity index (χ0n) is 15.4. The Hall–Kier alpha value is -2.06. The average molecular weight is 409 g/mol. The fraction of sp³-hybridized carbons (Fsp3) is 0.368. The Kier molecular flexibility index (Phi) is 5.48. The van der Waals surface area contributed by atoms with Crippen molar-refractivity contribution >= 4 is 31.4 Å². The summed E-state index contributed by atoms with van der Waals surface area (Å²) >= 11 is 0. The molecule has 0 radical (unpaired) electrons. The summed E-state index contributed by atoms with van der Waals surface area (Å²) in [5.74, 6) is 0.526. The quantitative estimate of drug-likeness (QED) is 0.792. The Morgan fingerprint density at radius 1 is 1.07 bits per heavy atom. The van der Waals surface area contributed by atoms with Crippen molar-refractivity contribution in [1.29, 1.82) is 0 Å². The number of nitrogens with one attached hydrogen (secondary N) is 1. The summed E-state index contributed by atoms with van der Waals surface area (Å²) in [7, 11) is -6.95. The molecule has 1 N–H and O–H groups in total. The van der Waals surface area contributed by atoms with Crippen molar-refractivity contribution in [3.05, 3.63) is 54.1 Å². The van der Waals surface area contributed by atoms with Crippen molar-refractivity contribution in [3.63, 3.8) is 0 Å². The van der Waals surface area contributed by atoms with E-state index in [9.17, 15) is 16.8 Å². The second-order valence-corrected chi connectivity index (χ2v) is 10.5. The van der Waals surface area contributed by atoms with Crippen LogP contribution in [0.4, 0.5) is 11.4 Å². The molecule has 8 heteroatoms. The molecule has 3 rings (SSSR count). The SMILES string of the molecule is CC[C@H](C)c1ccc(S(=O)(=O)Nc2ccc(N3CCCS3(=O)=O)cc2)cc1. The van der Waals surface area contributed by atoms with Gasteiger partial charge in [0.05, 0.1) is 16.3 Å². The van der Waals surface area contributed by atoms with Crippen molar-refractivity contribution in [2.45, 2.75) is 37.5 Å². The molecule has 0 spiro atoms. The summed E-state index contributed by atoms with van der Waals surface area (Å²) in [6.07, 6.45) is 1.59. The fourth-order valence-electron chi connectivity index (χ4n) is 3.05. The molecule has 146 valence electrons. The molecule has 1 fully saturated rings. The average Bonchev–Trinajstić information content (AvgIpc) is 3.00. The highest BCUT2D eigenvalue weighted by atomic mass is 32.2. The Balaban J connectivity index is 1.76. The molecule has 1 aliphatic heterocycles. The van der Waals surface area contributed by atoms with Gasteiger partial charge in [0.1, 0.15) is 0 Å². The molecule has 1 atom stereocenters. The van der Waals surface area contributed by atoms with Gasteiger partial charge < -0.3 is 0 Å². The van der Waals surface area contributed by atoms with E-state index < -0.39 is 20.0 Å². The Bertz CT molecular complexity index is 999. The molecule has 2 aromatic rings. The largest absolute Gasteiger partial charge is 0.280 e. The Morgan fingerprint density at radius 2 is 1.70 bits per heavy atom. The molecule has 0 unspecified atom stereocenters. The molecule has 1 heterocycles. The van der Waals surface area contributed by atoms with Gasteiger partial charge in [0.25, 0.3) is 10.0 Å². The molecule has 0 aromatic heterocycles. The van der Waals surface area contributed by atoms with Gasteiger partial charge in [-0.3, -0.25) is 9.03 Å². The summed E-state index contributed by atoms with van der Waals surface area (Å²) in [6.45, 7) is 4.65. The topological polar surface area (TPSA) is 83.6 Å².